The Morgan fingerprint density at radius 2 is 1.72 bits per heavy atom. The lowest BCUT2D eigenvalue weighted by atomic mass is 10.1. The van der Waals surface area contributed by atoms with Crippen molar-refractivity contribution in [3.8, 4) is 5.69 Å². The minimum atomic E-state index is -0.971. The van der Waals surface area contributed by atoms with Gasteiger partial charge in [-0.25, -0.2) is 17.9 Å². The first-order chi connectivity index (χ1) is 15.5. The smallest absolute Gasteiger partial charge is 0.276 e. The van der Waals surface area contributed by atoms with Crippen LogP contribution in [0.1, 0.15) is 47.4 Å². The molecule has 2 aromatic carbocycles. The summed E-state index contributed by atoms with van der Waals surface area (Å²) in [4.78, 5) is 15.4. The van der Waals surface area contributed by atoms with Gasteiger partial charge in [-0.05, 0) is 68.9 Å². The molecule has 0 unspecified atom stereocenters. The second-order valence-electron chi connectivity index (χ2n) is 8.30. The molecule has 1 aromatic heterocycles. The van der Waals surface area contributed by atoms with Gasteiger partial charge in [0, 0.05) is 30.4 Å². The molecule has 1 aliphatic carbocycles. The van der Waals surface area contributed by atoms with Crippen LogP contribution in [-0.4, -0.2) is 28.8 Å². The van der Waals surface area contributed by atoms with Gasteiger partial charge in [-0.15, -0.1) is 0 Å². The Hall–Kier alpha value is -3.29. The fourth-order valence-corrected chi connectivity index (χ4v) is 4.65. The molecule has 0 saturated carbocycles. The first kappa shape index (κ1) is 20.6. The van der Waals surface area contributed by atoms with Gasteiger partial charge in [-0.2, -0.15) is 5.10 Å². The Balaban J connectivity index is 1.48. The van der Waals surface area contributed by atoms with Crippen LogP contribution in [0.2, 0.25) is 0 Å². The first-order valence-corrected chi connectivity index (χ1v) is 10.9. The molecule has 166 valence electrons. The fourth-order valence-electron chi connectivity index (χ4n) is 4.65. The minimum Gasteiger partial charge on any atom is -0.370 e. The molecule has 1 saturated heterocycles. The summed E-state index contributed by atoms with van der Waals surface area (Å²) in [6.07, 6.45) is 5.47. The number of carbonyl (C=O) groups excluding carboxylic acids is 1. The number of nitrogens with zero attached hydrogens (tertiary/aromatic N) is 3. The molecule has 8 heteroatoms. The van der Waals surface area contributed by atoms with Gasteiger partial charge in [-0.3, -0.25) is 4.79 Å². The molecule has 32 heavy (non-hydrogen) atoms. The van der Waals surface area contributed by atoms with Crippen molar-refractivity contribution >= 4 is 17.3 Å². The third kappa shape index (κ3) is 3.74. The minimum absolute atomic E-state index is 0.232. The number of piperidine rings is 1. The van der Waals surface area contributed by atoms with Gasteiger partial charge in [0.1, 0.15) is 5.82 Å². The number of benzene rings is 2. The Bertz CT molecular complexity index is 1180. The van der Waals surface area contributed by atoms with E-state index in [0.717, 1.165) is 67.9 Å². The van der Waals surface area contributed by atoms with Crippen molar-refractivity contribution in [3.63, 3.8) is 0 Å². The predicted octanol–water partition coefficient (Wildman–Crippen LogP) is 5.02. The van der Waals surface area contributed by atoms with E-state index in [1.54, 1.807) is 6.07 Å². The molecule has 1 aliphatic heterocycles. The molecule has 1 N–H and O–H groups in total. The topological polar surface area (TPSA) is 50.2 Å². The zero-order chi connectivity index (χ0) is 22.2. The lowest BCUT2D eigenvalue weighted by molar-refractivity contribution is 0.102. The zero-order valence-corrected chi connectivity index (χ0v) is 17.5. The first-order valence-electron chi connectivity index (χ1n) is 10.9. The highest BCUT2D eigenvalue weighted by molar-refractivity contribution is 6.06. The fraction of sp³-hybridized carbons (Fsp3) is 0.333. The summed E-state index contributed by atoms with van der Waals surface area (Å²) in [6.45, 7) is 1.71. The molecule has 1 amide bonds. The molecule has 0 bridgehead atoms. The molecule has 1 fully saturated rings. The van der Waals surface area contributed by atoms with Gasteiger partial charge in [-0.1, -0.05) is 0 Å². The Kier molecular flexibility index (Phi) is 5.36. The number of anilines is 2. The van der Waals surface area contributed by atoms with Crippen LogP contribution in [0.25, 0.3) is 5.69 Å². The zero-order valence-electron chi connectivity index (χ0n) is 17.5. The quantitative estimate of drug-likeness (QED) is 0.620. The maximum atomic E-state index is 14.0. The molecular formula is C24H23F3N4O. The van der Waals surface area contributed by atoms with E-state index in [4.69, 9.17) is 0 Å². The van der Waals surface area contributed by atoms with E-state index in [1.165, 1.54) is 22.9 Å². The van der Waals surface area contributed by atoms with Crippen LogP contribution >= 0.6 is 0 Å². The van der Waals surface area contributed by atoms with Gasteiger partial charge < -0.3 is 10.2 Å². The highest BCUT2D eigenvalue weighted by Crippen LogP contribution is 2.32. The van der Waals surface area contributed by atoms with Crippen LogP contribution in [0, 0.1) is 17.5 Å². The van der Waals surface area contributed by atoms with E-state index >= 15 is 0 Å². The second-order valence-corrected chi connectivity index (χ2v) is 8.30. The molecule has 0 atom stereocenters. The molecule has 2 aliphatic rings. The van der Waals surface area contributed by atoms with Crippen molar-refractivity contribution in [2.75, 3.05) is 23.3 Å². The van der Waals surface area contributed by atoms with Crippen molar-refractivity contribution in [1.82, 2.24) is 9.78 Å². The SMILES string of the molecule is O=C(Nc1cc(F)ccc1N1CCCCC1)c1nn(-c2ccc(F)c(F)c2)c2c1CCC2. The van der Waals surface area contributed by atoms with E-state index < -0.39 is 23.4 Å². The van der Waals surface area contributed by atoms with Crippen LogP contribution < -0.4 is 10.2 Å². The number of aromatic nitrogens is 2. The van der Waals surface area contributed by atoms with E-state index in [9.17, 15) is 18.0 Å². The van der Waals surface area contributed by atoms with E-state index in [0.29, 0.717) is 24.2 Å². The van der Waals surface area contributed by atoms with Gasteiger partial charge in [0.15, 0.2) is 17.3 Å². The van der Waals surface area contributed by atoms with E-state index in [1.807, 2.05) is 0 Å². The number of carbonyl (C=O) groups is 1. The number of halogens is 3. The van der Waals surface area contributed by atoms with Crippen LogP contribution in [0.3, 0.4) is 0 Å². The van der Waals surface area contributed by atoms with Crippen LogP contribution in [0.4, 0.5) is 24.5 Å². The monoisotopic (exact) mass is 440 g/mol. The summed E-state index contributed by atoms with van der Waals surface area (Å²) in [7, 11) is 0. The number of rotatable bonds is 4. The Morgan fingerprint density at radius 3 is 2.50 bits per heavy atom. The largest absolute Gasteiger partial charge is 0.370 e. The Labute approximate surface area is 183 Å². The van der Waals surface area contributed by atoms with E-state index in [-0.39, 0.29) is 5.69 Å². The molecular weight excluding hydrogens is 417 g/mol. The summed E-state index contributed by atoms with van der Waals surface area (Å²) >= 11 is 0. The number of fused-ring (bicyclic) bond motifs is 1. The number of nitrogens with one attached hydrogen (secondary N) is 1. The average Bonchev–Trinajstić information content (AvgIpc) is 3.39. The Morgan fingerprint density at radius 1 is 0.906 bits per heavy atom. The lowest BCUT2D eigenvalue weighted by Crippen LogP contribution is -2.30. The van der Waals surface area contributed by atoms with Crippen LogP contribution in [0.15, 0.2) is 36.4 Å². The summed E-state index contributed by atoms with van der Waals surface area (Å²) in [6, 6.07) is 7.98. The summed E-state index contributed by atoms with van der Waals surface area (Å²) < 4.78 is 42.7. The molecule has 2 heterocycles. The van der Waals surface area contributed by atoms with Gasteiger partial charge in [0.05, 0.1) is 17.1 Å². The third-order valence-corrected chi connectivity index (χ3v) is 6.20. The van der Waals surface area contributed by atoms with Crippen LogP contribution in [0.5, 0.6) is 0 Å². The maximum Gasteiger partial charge on any atom is 0.276 e. The average molecular weight is 440 g/mol. The summed E-state index contributed by atoms with van der Waals surface area (Å²) in [5.74, 6) is -2.78. The highest BCUT2D eigenvalue weighted by atomic mass is 19.2. The number of hydrogen-bond donors (Lipinski definition) is 1. The van der Waals surface area contributed by atoms with Gasteiger partial charge in [0.2, 0.25) is 0 Å². The summed E-state index contributed by atoms with van der Waals surface area (Å²) in [5.41, 5.74) is 3.40. The second kappa shape index (κ2) is 8.33. The molecule has 0 spiro atoms. The third-order valence-electron chi connectivity index (χ3n) is 6.20. The summed E-state index contributed by atoms with van der Waals surface area (Å²) in [5, 5.41) is 7.29. The number of hydrogen-bond acceptors (Lipinski definition) is 3. The van der Waals surface area contributed by atoms with Crippen molar-refractivity contribution < 1.29 is 18.0 Å². The highest BCUT2D eigenvalue weighted by Gasteiger charge is 2.28. The molecule has 5 nitrogen and oxygen atoms in total. The van der Waals surface area contributed by atoms with Crippen molar-refractivity contribution in [2.45, 2.75) is 38.5 Å². The van der Waals surface area contributed by atoms with Crippen molar-refractivity contribution in [2.24, 2.45) is 0 Å². The van der Waals surface area contributed by atoms with Crippen molar-refractivity contribution in [1.29, 1.82) is 0 Å². The van der Waals surface area contributed by atoms with E-state index in [2.05, 4.69) is 15.3 Å². The molecule has 0 radical (unpaired) electrons. The number of amides is 1. The van der Waals surface area contributed by atoms with Gasteiger partial charge in [0.25, 0.3) is 5.91 Å². The molecule has 5 rings (SSSR count). The maximum absolute atomic E-state index is 14.0. The normalized spacial score (nSPS) is 15.7. The molecule has 3 aromatic rings. The van der Waals surface area contributed by atoms with Crippen molar-refractivity contribution in [3.05, 3.63) is 70.8 Å². The standard InChI is InChI=1S/C24H23F3N4O/c25-15-7-10-22(30-11-2-1-3-12-30)20(13-15)28-24(32)23-17-5-4-6-21(17)31(29-23)16-8-9-18(26)19(27)14-16/h7-10,13-14H,1-6,11-12H2,(H,28,32). The predicted molar refractivity (Wildman–Crippen MR) is 116 cm³/mol. The van der Waals surface area contributed by atoms with Gasteiger partial charge >= 0.3 is 0 Å². The lowest BCUT2D eigenvalue weighted by Gasteiger charge is -2.30. The van der Waals surface area contributed by atoms with Crippen LogP contribution in [-0.2, 0) is 12.8 Å².